The van der Waals surface area contributed by atoms with Crippen LogP contribution in [0.5, 0.6) is 0 Å². The van der Waals surface area contributed by atoms with Gasteiger partial charge in [0.2, 0.25) is 0 Å². The highest BCUT2D eigenvalue weighted by Crippen LogP contribution is 2.16. The van der Waals surface area contributed by atoms with Crippen LogP contribution in [0.2, 0.25) is 0 Å². The molecule has 0 aromatic carbocycles. The molecule has 1 atom stereocenters. The zero-order valence-electron chi connectivity index (χ0n) is 10.3. The van der Waals surface area contributed by atoms with Crippen LogP contribution in [-0.2, 0) is 6.54 Å². The molecule has 1 aromatic heterocycles. The summed E-state index contributed by atoms with van der Waals surface area (Å²) in [5.74, 6) is 1.03. The standard InChI is InChI=1S/C12H20N4/c1-4-12(10-13,14-3)6-5-8-16-9-7-15-11(16)2/h7,9,14H,4-6,8H2,1-3H3. The van der Waals surface area contributed by atoms with Crippen LogP contribution >= 0.6 is 0 Å². The molecule has 0 amide bonds. The lowest BCUT2D eigenvalue weighted by atomic mass is 9.92. The van der Waals surface area contributed by atoms with E-state index in [0.29, 0.717) is 0 Å². The third kappa shape index (κ3) is 2.83. The van der Waals surface area contributed by atoms with Gasteiger partial charge in [-0.3, -0.25) is 0 Å². The molecule has 0 saturated carbocycles. The Bertz CT molecular complexity index is 357. The van der Waals surface area contributed by atoms with E-state index >= 15 is 0 Å². The average molecular weight is 220 g/mol. The van der Waals surface area contributed by atoms with Gasteiger partial charge in [0.1, 0.15) is 11.4 Å². The van der Waals surface area contributed by atoms with E-state index in [4.69, 9.17) is 5.26 Å². The molecular formula is C12H20N4. The SMILES string of the molecule is CCC(C#N)(CCCn1ccnc1C)NC. The molecule has 1 heterocycles. The topological polar surface area (TPSA) is 53.6 Å². The zero-order valence-corrected chi connectivity index (χ0v) is 10.3. The molecule has 0 spiro atoms. The van der Waals surface area contributed by atoms with E-state index in [9.17, 15) is 0 Å². The lowest BCUT2D eigenvalue weighted by molar-refractivity contribution is 0.379. The number of rotatable bonds is 6. The van der Waals surface area contributed by atoms with E-state index in [1.807, 2.05) is 33.3 Å². The Morgan fingerprint density at radius 1 is 1.62 bits per heavy atom. The first kappa shape index (κ1) is 12.7. The minimum absolute atomic E-state index is 0.367. The fraction of sp³-hybridized carbons (Fsp3) is 0.667. The summed E-state index contributed by atoms with van der Waals surface area (Å²) in [6.45, 7) is 4.97. The summed E-state index contributed by atoms with van der Waals surface area (Å²) in [7, 11) is 1.86. The van der Waals surface area contributed by atoms with Gasteiger partial charge in [-0.2, -0.15) is 5.26 Å². The van der Waals surface area contributed by atoms with Crippen LogP contribution in [-0.4, -0.2) is 22.1 Å². The van der Waals surface area contributed by atoms with Crippen LogP contribution in [0.15, 0.2) is 12.4 Å². The second-order valence-electron chi connectivity index (χ2n) is 4.07. The Labute approximate surface area is 97.3 Å². The number of aryl methyl sites for hydroxylation is 2. The molecule has 0 aliphatic heterocycles. The predicted octanol–water partition coefficient (Wildman–Crippen LogP) is 1.86. The monoisotopic (exact) mass is 220 g/mol. The molecule has 1 N–H and O–H groups in total. The smallest absolute Gasteiger partial charge is 0.106 e. The van der Waals surface area contributed by atoms with Crippen LogP contribution < -0.4 is 5.32 Å². The molecule has 16 heavy (non-hydrogen) atoms. The van der Waals surface area contributed by atoms with Gasteiger partial charge in [-0.05, 0) is 33.2 Å². The van der Waals surface area contributed by atoms with Crippen molar-refractivity contribution in [3.8, 4) is 6.07 Å². The highest BCUT2D eigenvalue weighted by molar-refractivity contribution is 5.05. The number of imidazole rings is 1. The molecule has 0 fully saturated rings. The van der Waals surface area contributed by atoms with Crippen molar-refractivity contribution in [3.63, 3.8) is 0 Å². The molecule has 0 bridgehead atoms. The number of nitriles is 1. The summed E-state index contributed by atoms with van der Waals surface area (Å²) in [5, 5.41) is 12.3. The van der Waals surface area contributed by atoms with Crippen molar-refractivity contribution in [2.24, 2.45) is 0 Å². The quantitative estimate of drug-likeness (QED) is 0.796. The van der Waals surface area contributed by atoms with Crippen LogP contribution in [0.4, 0.5) is 0 Å². The minimum atomic E-state index is -0.367. The van der Waals surface area contributed by atoms with Gasteiger partial charge in [0, 0.05) is 18.9 Å². The summed E-state index contributed by atoms with van der Waals surface area (Å²) < 4.78 is 2.12. The lowest BCUT2D eigenvalue weighted by Gasteiger charge is -2.24. The Morgan fingerprint density at radius 2 is 2.38 bits per heavy atom. The lowest BCUT2D eigenvalue weighted by Crippen LogP contribution is -2.40. The fourth-order valence-corrected chi connectivity index (χ4v) is 1.86. The Kier molecular flexibility index (Phi) is 4.51. The van der Waals surface area contributed by atoms with Crippen molar-refractivity contribution in [2.45, 2.75) is 45.2 Å². The molecule has 1 rings (SSSR count). The van der Waals surface area contributed by atoms with Crippen molar-refractivity contribution in [1.82, 2.24) is 14.9 Å². The summed E-state index contributed by atoms with van der Waals surface area (Å²) >= 11 is 0. The minimum Gasteiger partial charge on any atom is -0.335 e. The fourth-order valence-electron chi connectivity index (χ4n) is 1.86. The van der Waals surface area contributed by atoms with Gasteiger partial charge in [-0.15, -0.1) is 0 Å². The van der Waals surface area contributed by atoms with Crippen LogP contribution in [0.25, 0.3) is 0 Å². The van der Waals surface area contributed by atoms with Gasteiger partial charge in [-0.25, -0.2) is 4.98 Å². The molecule has 0 aliphatic rings. The van der Waals surface area contributed by atoms with Crippen LogP contribution in [0.3, 0.4) is 0 Å². The normalized spacial score (nSPS) is 14.4. The van der Waals surface area contributed by atoms with Crippen molar-refractivity contribution in [1.29, 1.82) is 5.26 Å². The highest BCUT2D eigenvalue weighted by atomic mass is 15.0. The molecule has 4 nitrogen and oxygen atoms in total. The number of hydrogen-bond acceptors (Lipinski definition) is 3. The molecule has 88 valence electrons. The number of nitrogens with one attached hydrogen (secondary N) is 1. The Balaban J connectivity index is 2.46. The Hall–Kier alpha value is -1.34. The first-order valence-electron chi connectivity index (χ1n) is 5.75. The molecule has 1 unspecified atom stereocenters. The van der Waals surface area contributed by atoms with E-state index in [1.165, 1.54) is 0 Å². The second-order valence-corrected chi connectivity index (χ2v) is 4.07. The van der Waals surface area contributed by atoms with E-state index < -0.39 is 0 Å². The van der Waals surface area contributed by atoms with Crippen molar-refractivity contribution in [2.75, 3.05) is 7.05 Å². The number of nitrogens with zero attached hydrogens (tertiary/aromatic N) is 3. The van der Waals surface area contributed by atoms with Crippen molar-refractivity contribution >= 4 is 0 Å². The third-order valence-electron chi connectivity index (χ3n) is 3.22. The van der Waals surface area contributed by atoms with Gasteiger partial charge in [0.05, 0.1) is 6.07 Å². The van der Waals surface area contributed by atoms with E-state index in [0.717, 1.165) is 31.6 Å². The third-order valence-corrected chi connectivity index (χ3v) is 3.22. The molecule has 0 aliphatic carbocycles. The maximum absolute atomic E-state index is 9.16. The average Bonchev–Trinajstić information content (AvgIpc) is 2.71. The summed E-state index contributed by atoms with van der Waals surface area (Å²) in [5.41, 5.74) is -0.367. The van der Waals surface area contributed by atoms with Gasteiger partial charge in [0.25, 0.3) is 0 Å². The van der Waals surface area contributed by atoms with E-state index in [-0.39, 0.29) is 5.54 Å². The van der Waals surface area contributed by atoms with Crippen LogP contribution in [0, 0.1) is 18.3 Å². The van der Waals surface area contributed by atoms with Crippen molar-refractivity contribution in [3.05, 3.63) is 18.2 Å². The molecule has 0 saturated heterocycles. The molecular weight excluding hydrogens is 200 g/mol. The largest absolute Gasteiger partial charge is 0.335 e. The van der Waals surface area contributed by atoms with Gasteiger partial charge < -0.3 is 9.88 Å². The highest BCUT2D eigenvalue weighted by Gasteiger charge is 2.24. The first-order valence-corrected chi connectivity index (χ1v) is 5.75. The van der Waals surface area contributed by atoms with Gasteiger partial charge in [-0.1, -0.05) is 6.92 Å². The maximum atomic E-state index is 9.16. The van der Waals surface area contributed by atoms with E-state index in [1.54, 1.807) is 0 Å². The summed E-state index contributed by atoms with van der Waals surface area (Å²) in [6, 6.07) is 2.37. The first-order chi connectivity index (χ1) is 7.67. The second kappa shape index (κ2) is 5.66. The van der Waals surface area contributed by atoms with Gasteiger partial charge in [0.15, 0.2) is 0 Å². The summed E-state index contributed by atoms with van der Waals surface area (Å²) in [6.07, 6.45) is 6.48. The molecule has 4 heteroatoms. The van der Waals surface area contributed by atoms with Crippen LogP contribution in [0.1, 0.15) is 32.0 Å². The van der Waals surface area contributed by atoms with Gasteiger partial charge >= 0.3 is 0 Å². The summed E-state index contributed by atoms with van der Waals surface area (Å²) in [4.78, 5) is 4.17. The zero-order chi connectivity index (χ0) is 12.0. The predicted molar refractivity (Wildman–Crippen MR) is 63.9 cm³/mol. The molecule has 1 aromatic rings. The van der Waals surface area contributed by atoms with Crippen molar-refractivity contribution < 1.29 is 0 Å². The number of hydrogen-bond donors (Lipinski definition) is 1. The maximum Gasteiger partial charge on any atom is 0.106 e. The number of aromatic nitrogens is 2. The molecule has 0 radical (unpaired) electrons. The Morgan fingerprint density at radius 3 is 2.81 bits per heavy atom. The van der Waals surface area contributed by atoms with E-state index in [2.05, 4.69) is 20.9 Å².